The number of halogens is 1. The quantitative estimate of drug-likeness (QED) is 0.901. The molecule has 0 saturated heterocycles. The molecule has 0 fully saturated rings. The molecule has 1 rings (SSSR count). The summed E-state index contributed by atoms with van der Waals surface area (Å²) in [7, 11) is 1.67. The Bertz CT molecular complexity index is 299. The van der Waals surface area contributed by atoms with Crippen LogP contribution < -0.4 is 10.5 Å². The Kier molecular flexibility index (Phi) is 4.42. The van der Waals surface area contributed by atoms with Crippen molar-refractivity contribution in [2.45, 2.75) is 25.8 Å². The van der Waals surface area contributed by atoms with Crippen LogP contribution in [0.1, 0.15) is 18.9 Å². The maximum atomic E-state index is 5.70. The topological polar surface area (TPSA) is 35.2 Å². The van der Waals surface area contributed by atoms with E-state index in [1.807, 2.05) is 13.0 Å². The van der Waals surface area contributed by atoms with Crippen molar-refractivity contribution >= 4 is 15.9 Å². The van der Waals surface area contributed by atoms with Crippen LogP contribution >= 0.6 is 15.9 Å². The van der Waals surface area contributed by atoms with E-state index in [0.717, 1.165) is 23.1 Å². The molecule has 0 heterocycles. The van der Waals surface area contributed by atoms with Crippen molar-refractivity contribution in [3.8, 4) is 5.75 Å². The third-order valence-corrected chi connectivity index (χ3v) is 2.72. The van der Waals surface area contributed by atoms with Crippen LogP contribution in [0.15, 0.2) is 22.7 Å². The van der Waals surface area contributed by atoms with E-state index in [-0.39, 0.29) is 6.04 Å². The Hall–Kier alpha value is -0.540. The molecule has 1 aromatic rings. The lowest BCUT2D eigenvalue weighted by Gasteiger charge is -2.07. The number of rotatable bonds is 4. The number of hydrogen-bond donors (Lipinski definition) is 1. The SMILES string of the molecule is COc1ccc(CC[C@H](C)N)cc1Br. The number of nitrogens with two attached hydrogens (primary N) is 1. The van der Waals surface area contributed by atoms with E-state index < -0.39 is 0 Å². The molecular formula is C11H16BrNO. The van der Waals surface area contributed by atoms with Gasteiger partial charge in [-0.05, 0) is 53.4 Å². The van der Waals surface area contributed by atoms with Crippen molar-refractivity contribution in [3.05, 3.63) is 28.2 Å². The van der Waals surface area contributed by atoms with Gasteiger partial charge in [0.25, 0.3) is 0 Å². The molecule has 0 radical (unpaired) electrons. The normalized spacial score (nSPS) is 12.6. The molecule has 3 heteroatoms. The summed E-state index contributed by atoms with van der Waals surface area (Å²) in [5, 5.41) is 0. The summed E-state index contributed by atoms with van der Waals surface area (Å²) in [6.45, 7) is 2.03. The van der Waals surface area contributed by atoms with Gasteiger partial charge in [-0.25, -0.2) is 0 Å². The van der Waals surface area contributed by atoms with Gasteiger partial charge >= 0.3 is 0 Å². The van der Waals surface area contributed by atoms with E-state index in [9.17, 15) is 0 Å². The van der Waals surface area contributed by atoms with Gasteiger partial charge < -0.3 is 10.5 Å². The van der Waals surface area contributed by atoms with Crippen LogP contribution in [0.25, 0.3) is 0 Å². The zero-order valence-electron chi connectivity index (χ0n) is 8.59. The second-order valence-electron chi connectivity index (χ2n) is 3.48. The molecule has 0 aromatic heterocycles. The summed E-state index contributed by atoms with van der Waals surface area (Å²) in [5.74, 6) is 0.870. The number of aryl methyl sites for hydroxylation is 1. The Morgan fingerprint density at radius 2 is 2.21 bits per heavy atom. The van der Waals surface area contributed by atoms with E-state index in [0.29, 0.717) is 0 Å². The first-order valence-electron chi connectivity index (χ1n) is 4.71. The lowest BCUT2D eigenvalue weighted by atomic mass is 10.1. The van der Waals surface area contributed by atoms with Gasteiger partial charge in [-0.1, -0.05) is 6.07 Å². The predicted octanol–water partition coefficient (Wildman–Crippen LogP) is 2.74. The maximum absolute atomic E-state index is 5.70. The van der Waals surface area contributed by atoms with E-state index in [1.54, 1.807) is 7.11 Å². The molecule has 0 amide bonds. The van der Waals surface area contributed by atoms with E-state index in [2.05, 4.69) is 28.1 Å². The highest BCUT2D eigenvalue weighted by molar-refractivity contribution is 9.10. The summed E-state index contributed by atoms with van der Waals surface area (Å²) in [6.07, 6.45) is 2.03. The van der Waals surface area contributed by atoms with Crippen molar-refractivity contribution in [2.75, 3.05) is 7.11 Å². The summed E-state index contributed by atoms with van der Waals surface area (Å²) in [5.41, 5.74) is 6.98. The molecule has 0 unspecified atom stereocenters. The molecule has 14 heavy (non-hydrogen) atoms. The maximum Gasteiger partial charge on any atom is 0.133 e. The van der Waals surface area contributed by atoms with Gasteiger partial charge in [-0.2, -0.15) is 0 Å². The molecule has 0 aliphatic carbocycles. The van der Waals surface area contributed by atoms with Crippen molar-refractivity contribution < 1.29 is 4.74 Å². The summed E-state index contributed by atoms with van der Waals surface area (Å²) in [4.78, 5) is 0. The molecule has 0 bridgehead atoms. The molecule has 2 N–H and O–H groups in total. The highest BCUT2D eigenvalue weighted by Gasteiger charge is 2.02. The molecular weight excluding hydrogens is 242 g/mol. The summed E-state index contributed by atoms with van der Waals surface area (Å²) >= 11 is 3.46. The lowest BCUT2D eigenvalue weighted by molar-refractivity contribution is 0.412. The monoisotopic (exact) mass is 257 g/mol. The van der Waals surface area contributed by atoms with Crippen LogP contribution in [0.2, 0.25) is 0 Å². The standard InChI is InChI=1S/C11H16BrNO/c1-8(13)3-4-9-5-6-11(14-2)10(12)7-9/h5-8H,3-4,13H2,1-2H3/t8-/m0/s1. The van der Waals surface area contributed by atoms with Crippen molar-refractivity contribution in [1.82, 2.24) is 0 Å². The molecule has 2 nitrogen and oxygen atoms in total. The second kappa shape index (κ2) is 5.37. The smallest absolute Gasteiger partial charge is 0.133 e. The van der Waals surface area contributed by atoms with Crippen LogP contribution in [-0.2, 0) is 6.42 Å². The molecule has 0 aliphatic rings. The summed E-state index contributed by atoms with van der Waals surface area (Å²) < 4.78 is 6.16. The number of ether oxygens (including phenoxy) is 1. The molecule has 1 atom stereocenters. The third kappa shape index (κ3) is 3.31. The van der Waals surface area contributed by atoms with Crippen LogP contribution in [-0.4, -0.2) is 13.2 Å². The number of methoxy groups -OCH3 is 1. The van der Waals surface area contributed by atoms with Crippen LogP contribution in [0.4, 0.5) is 0 Å². The van der Waals surface area contributed by atoms with Crippen LogP contribution in [0, 0.1) is 0 Å². The number of benzene rings is 1. The van der Waals surface area contributed by atoms with Crippen LogP contribution in [0.3, 0.4) is 0 Å². The summed E-state index contributed by atoms with van der Waals surface area (Å²) in [6, 6.07) is 6.39. The second-order valence-corrected chi connectivity index (χ2v) is 4.34. The first-order chi connectivity index (χ1) is 6.63. The average Bonchev–Trinajstić information content (AvgIpc) is 2.15. The van der Waals surface area contributed by atoms with Crippen molar-refractivity contribution in [3.63, 3.8) is 0 Å². The Balaban J connectivity index is 2.66. The first kappa shape index (κ1) is 11.5. The largest absolute Gasteiger partial charge is 0.496 e. The fourth-order valence-electron chi connectivity index (χ4n) is 1.26. The minimum Gasteiger partial charge on any atom is -0.496 e. The van der Waals surface area contributed by atoms with Gasteiger partial charge in [-0.3, -0.25) is 0 Å². The Morgan fingerprint density at radius 3 is 2.71 bits per heavy atom. The van der Waals surface area contributed by atoms with Gasteiger partial charge in [0.05, 0.1) is 11.6 Å². The average molecular weight is 258 g/mol. The zero-order chi connectivity index (χ0) is 10.6. The minimum absolute atomic E-state index is 0.260. The van der Waals surface area contributed by atoms with Crippen molar-refractivity contribution in [1.29, 1.82) is 0 Å². The van der Waals surface area contributed by atoms with Gasteiger partial charge in [0.15, 0.2) is 0 Å². The number of hydrogen-bond acceptors (Lipinski definition) is 2. The first-order valence-corrected chi connectivity index (χ1v) is 5.50. The fraction of sp³-hybridized carbons (Fsp3) is 0.455. The minimum atomic E-state index is 0.260. The lowest BCUT2D eigenvalue weighted by Crippen LogP contribution is -2.15. The molecule has 1 aromatic carbocycles. The molecule has 78 valence electrons. The van der Waals surface area contributed by atoms with Gasteiger partial charge in [-0.15, -0.1) is 0 Å². The molecule has 0 spiro atoms. The highest BCUT2D eigenvalue weighted by Crippen LogP contribution is 2.25. The van der Waals surface area contributed by atoms with E-state index in [4.69, 9.17) is 10.5 Å². The Labute approximate surface area is 93.6 Å². The third-order valence-electron chi connectivity index (χ3n) is 2.10. The molecule has 0 saturated carbocycles. The highest BCUT2D eigenvalue weighted by atomic mass is 79.9. The van der Waals surface area contributed by atoms with Gasteiger partial charge in [0.2, 0.25) is 0 Å². The fourth-order valence-corrected chi connectivity index (χ4v) is 1.85. The van der Waals surface area contributed by atoms with Gasteiger partial charge in [0.1, 0.15) is 5.75 Å². The predicted molar refractivity (Wildman–Crippen MR) is 62.7 cm³/mol. The zero-order valence-corrected chi connectivity index (χ0v) is 10.2. The molecule has 0 aliphatic heterocycles. The van der Waals surface area contributed by atoms with Gasteiger partial charge in [0, 0.05) is 6.04 Å². The van der Waals surface area contributed by atoms with E-state index in [1.165, 1.54) is 5.56 Å². The van der Waals surface area contributed by atoms with Crippen LogP contribution in [0.5, 0.6) is 5.75 Å². The van der Waals surface area contributed by atoms with Crippen molar-refractivity contribution in [2.24, 2.45) is 5.73 Å². The Morgan fingerprint density at radius 1 is 1.50 bits per heavy atom. The van der Waals surface area contributed by atoms with E-state index >= 15 is 0 Å².